The predicted molar refractivity (Wildman–Crippen MR) is 134 cm³/mol. The Morgan fingerprint density at radius 2 is 1.55 bits per heavy atom. The van der Waals surface area contributed by atoms with Gasteiger partial charge < -0.3 is 0 Å². The van der Waals surface area contributed by atoms with Crippen LogP contribution in [0.25, 0.3) is 67.7 Å². The third-order valence-corrected chi connectivity index (χ3v) is 8.68. The number of fused-ring (bicyclic) bond motifs is 14. The maximum atomic E-state index is 4.63. The van der Waals surface area contributed by atoms with Gasteiger partial charge >= 0.3 is 0 Å². The summed E-state index contributed by atoms with van der Waals surface area (Å²) < 4.78 is 7.59. The van der Waals surface area contributed by atoms with E-state index in [0.29, 0.717) is 0 Å². The second-order valence-electron chi connectivity index (χ2n) is 7.89. The Morgan fingerprint density at radius 3 is 2.55 bits per heavy atom. The van der Waals surface area contributed by atoms with Crippen molar-refractivity contribution >= 4 is 90.3 Å². The molecule has 3 aromatic carbocycles. The highest BCUT2D eigenvalue weighted by atomic mass is 32.1. The molecule has 0 saturated carbocycles. The first-order chi connectivity index (χ1) is 15.4. The molecule has 0 aliphatic heterocycles. The number of imidazole rings is 1. The Morgan fingerprint density at radius 1 is 0.645 bits per heavy atom. The monoisotopic (exact) mass is 431 g/mol. The number of hydrogen-bond donors (Lipinski definition) is 0. The van der Waals surface area contributed by atoms with E-state index < -0.39 is 0 Å². The van der Waals surface area contributed by atoms with E-state index in [1.54, 1.807) is 0 Å². The van der Waals surface area contributed by atoms with E-state index in [-0.39, 0.29) is 0 Å². The van der Waals surface area contributed by atoms with Crippen LogP contribution in [0, 0.1) is 0 Å². The zero-order valence-corrected chi connectivity index (χ0v) is 17.8. The molecule has 31 heavy (non-hydrogen) atoms. The first-order valence-corrected chi connectivity index (χ1v) is 11.8. The lowest BCUT2D eigenvalue weighted by molar-refractivity contribution is 1.27. The average molecular weight is 432 g/mol. The minimum absolute atomic E-state index is 0.960. The van der Waals surface area contributed by atoms with Crippen molar-refractivity contribution in [1.82, 2.24) is 14.4 Å². The van der Waals surface area contributed by atoms with Gasteiger partial charge in [-0.05, 0) is 35.7 Å². The number of pyridine rings is 2. The van der Waals surface area contributed by atoms with Gasteiger partial charge in [-0.2, -0.15) is 0 Å². The lowest BCUT2D eigenvalue weighted by Crippen LogP contribution is -1.91. The molecular formula is C26H13N3S2. The zero-order valence-electron chi connectivity index (χ0n) is 16.2. The molecule has 0 fully saturated rings. The Bertz CT molecular complexity index is 2010. The summed E-state index contributed by atoms with van der Waals surface area (Å²) in [4.78, 5) is 9.04. The van der Waals surface area contributed by atoms with Crippen molar-refractivity contribution in [2.75, 3.05) is 0 Å². The summed E-state index contributed by atoms with van der Waals surface area (Å²) in [5.41, 5.74) is 2.15. The van der Waals surface area contributed by atoms with Crippen molar-refractivity contribution in [3.8, 4) is 0 Å². The first-order valence-electron chi connectivity index (χ1n) is 10.2. The van der Waals surface area contributed by atoms with Gasteiger partial charge in [0.2, 0.25) is 0 Å². The SMILES string of the molecule is c1ccc2c(c1)sc1c2ccc2sc3ccc4c(c5ccncc5c5nccn45)c3c21. The molecular weight excluding hydrogens is 418 g/mol. The summed E-state index contributed by atoms with van der Waals surface area (Å²) in [5.74, 6) is 0. The van der Waals surface area contributed by atoms with Crippen LogP contribution < -0.4 is 0 Å². The molecule has 8 aromatic rings. The van der Waals surface area contributed by atoms with Gasteiger partial charge in [-0.3, -0.25) is 9.38 Å². The van der Waals surface area contributed by atoms with Crippen molar-refractivity contribution in [2.24, 2.45) is 0 Å². The van der Waals surface area contributed by atoms with Gasteiger partial charge in [-0.25, -0.2) is 4.98 Å². The van der Waals surface area contributed by atoms with Crippen molar-refractivity contribution in [3.63, 3.8) is 0 Å². The van der Waals surface area contributed by atoms with Crippen LogP contribution in [0.3, 0.4) is 0 Å². The fourth-order valence-electron chi connectivity index (χ4n) is 5.08. The van der Waals surface area contributed by atoms with Gasteiger partial charge in [0.25, 0.3) is 0 Å². The van der Waals surface area contributed by atoms with Crippen LogP contribution in [0.4, 0.5) is 0 Å². The fourth-order valence-corrected chi connectivity index (χ4v) is 7.52. The maximum absolute atomic E-state index is 4.63. The molecule has 8 rings (SSSR count). The molecule has 0 bridgehead atoms. The smallest absolute Gasteiger partial charge is 0.146 e. The van der Waals surface area contributed by atoms with E-state index in [1.807, 2.05) is 41.3 Å². The molecule has 0 atom stereocenters. The number of rotatable bonds is 0. The second kappa shape index (κ2) is 5.58. The van der Waals surface area contributed by atoms with Gasteiger partial charge in [0, 0.05) is 75.9 Å². The van der Waals surface area contributed by atoms with Gasteiger partial charge in [-0.1, -0.05) is 24.3 Å². The topological polar surface area (TPSA) is 30.2 Å². The minimum atomic E-state index is 0.960. The summed E-state index contributed by atoms with van der Waals surface area (Å²) >= 11 is 3.79. The van der Waals surface area contributed by atoms with Crippen molar-refractivity contribution in [1.29, 1.82) is 0 Å². The number of hydrogen-bond acceptors (Lipinski definition) is 4. The Kier molecular flexibility index (Phi) is 2.91. The van der Waals surface area contributed by atoms with Crippen molar-refractivity contribution in [3.05, 3.63) is 79.4 Å². The van der Waals surface area contributed by atoms with Crippen LogP contribution in [0.1, 0.15) is 0 Å². The van der Waals surface area contributed by atoms with Crippen LogP contribution in [-0.2, 0) is 0 Å². The van der Waals surface area contributed by atoms with E-state index in [9.17, 15) is 0 Å². The fraction of sp³-hybridized carbons (Fsp3) is 0. The second-order valence-corrected chi connectivity index (χ2v) is 10.0. The van der Waals surface area contributed by atoms with E-state index >= 15 is 0 Å². The molecule has 0 N–H and O–H groups in total. The van der Waals surface area contributed by atoms with Gasteiger partial charge in [0.1, 0.15) is 5.65 Å². The van der Waals surface area contributed by atoms with Gasteiger partial charge in [0.15, 0.2) is 0 Å². The number of nitrogens with zero attached hydrogens (tertiary/aromatic N) is 3. The first kappa shape index (κ1) is 16.2. The summed E-state index contributed by atoms with van der Waals surface area (Å²) in [6, 6.07) is 20.0. The van der Waals surface area contributed by atoms with Crippen LogP contribution in [0.2, 0.25) is 0 Å². The molecule has 3 nitrogen and oxygen atoms in total. The summed E-state index contributed by atoms with van der Waals surface area (Å²) in [5, 5.41) is 9.01. The highest BCUT2D eigenvalue weighted by Gasteiger charge is 2.18. The van der Waals surface area contributed by atoms with Crippen molar-refractivity contribution < 1.29 is 0 Å². The lowest BCUT2D eigenvalue weighted by Gasteiger charge is -2.09. The predicted octanol–water partition coefficient (Wildman–Crippen LogP) is 7.77. The van der Waals surface area contributed by atoms with Crippen LogP contribution in [0.5, 0.6) is 0 Å². The molecule has 0 spiro atoms. The van der Waals surface area contributed by atoms with Gasteiger partial charge in [-0.15, -0.1) is 22.7 Å². The third-order valence-electron chi connectivity index (χ3n) is 6.36. The van der Waals surface area contributed by atoms with Crippen LogP contribution in [-0.4, -0.2) is 14.4 Å². The molecule has 144 valence electrons. The van der Waals surface area contributed by atoms with E-state index in [4.69, 9.17) is 0 Å². The minimum Gasteiger partial charge on any atom is -0.299 e. The largest absolute Gasteiger partial charge is 0.299 e. The number of aromatic nitrogens is 3. The molecule has 0 aliphatic rings. The normalized spacial score (nSPS) is 12.5. The molecule has 0 saturated heterocycles. The van der Waals surface area contributed by atoms with Crippen molar-refractivity contribution in [2.45, 2.75) is 0 Å². The highest BCUT2D eigenvalue weighted by molar-refractivity contribution is 7.30. The summed E-state index contributed by atoms with van der Waals surface area (Å²) in [7, 11) is 0. The number of thiophene rings is 2. The Labute approximate surface area is 183 Å². The van der Waals surface area contributed by atoms with E-state index in [0.717, 1.165) is 11.0 Å². The molecule has 5 heterocycles. The highest BCUT2D eigenvalue weighted by Crippen LogP contribution is 2.47. The Balaban J connectivity index is 1.75. The van der Waals surface area contributed by atoms with Crippen LogP contribution in [0.15, 0.2) is 79.4 Å². The average Bonchev–Trinajstić information content (AvgIpc) is 3.53. The third kappa shape index (κ3) is 1.93. The molecule has 0 amide bonds. The lowest BCUT2D eigenvalue weighted by atomic mass is 10.0. The van der Waals surface area contributed by atoms with E-state index in [1.165, 1.54) is 56.6 Å². The molecule has 5 aromatic heterocycles. The quantitative estimate of drug-likeness (QED) is 0.230. The maximum Gasteiger partial charge on any atom is 0.146 e. The summed E-state index contributed by atoms with van der Waals surface area (Å²) in [6.07, 6.45) is 7.77. The number of benzene rings is 3. The van der Waals surface area contributed by atoms with Crippen LogP contribution >= 0.6 is 22.7 Å². The van der Waals surface area contributed by atoms with Gasteiger partial charge in [0.05, 0.1) is 5.52 Å². The molecule has 0 radical (unpaired) electrons. The molecule has 0 aliphatic carbocycles. The Hall–Kier alpha value is -3.54. The standard InChI is InChI=1S/C26H13N3S2/c1-2-4-19-14(3-1)16-5-7-21-24(25(16)31-19)23-20(30-21)8-6-18-22(23)15-9-10-27-13-17(15)26-28-11-12-29(18)26/h1-13H. The summed E-state index contributed by atoms with van der Waals surface area (Å²) in [6.45, 7) is 0. The zero-order chi connectivity index (χ0) is 20.1. The molecule has 5 heteroatoms. The molecule has 0 unspecified atom stereocenters. The van der Waals surface area contributed by atoms with E-state index in [2.05, 4.69) is 75.2 Å².